The van der Waals surface area contributed by atoms with Crippen LogP contribution >= 0.6 is 0 Å². The van der Waals surface area contributed by atoms with E-state index in [2.05, 4.69) is 10.2 Å². The average Bonchev–Trinajstić information content (AvgIpc) is 2.70. The highest BCUT2D eigenvalue weighted by molar-refractivity contribution is 5.95. The molecule has 0 aliphatic heterocycles. The number of methoxy groups -OCH3 is 1. The molecular weight excluding hydrogens is 218 g/mol. The summed E-state index contributed by atoms with van der Waals surface area (Å²) in [6.45, 7) is 6.15. The zero-order valence-electron chi connectivity index (χ0n) is 10.4. The minimum atomic E-state index is -0.400. The van der Waals surface area contributed by atoms with Crippen molar-refractivity contribution in [1.82, 2.24) is 14.6 Å². The topological polar surface area (TPSA) is 56.5 Å². The summed E-state index contributed by atoms with van der Waals surface area (Å²) in [6, 6.07) is 3.47. The second-order valence-corrected chi connectivity index (χ2v) is 4.88. The molecule has 0 amide bonds. The van der Waals surface area contributed by atoms with Gasteiger partial charge in [0, 0.05) is 11.6 Å². The van der Waals surface area contributed by atoms with Gasteiger partial charge in [-0.2, -0.15) is 0 Å². The van der Waals surface area contributed by atoms with Crippen molar-refractivity contribution < 1.29 is 9.53 Å². The Morgan fingerprint density at radius 2 is 2.06 bits per heavy atom. The molecule has 0 aliphatic carbocycles. The molecule has 0 spiro atoms. The summed E-state index contributed by atoms with van der Waals surface area (Å²) in [5.74, 6) is 0.418. The van der Waals surface area contributed by atoms with Gasteiger partial charge in [-0.15, -0.1) is 10.2 Å². The van der Waals surface area contributed by atoms with Crippen LogP contribution < -0.4 is 0 Å². The van der Waals surface area contributed by atoms with Gasteiger partial charge in [0.25, 0.3) is 0 Å². The van der Waals surface area contributed by atoms with E-state index in [1.807, 2.05) is 31.4 Å². The number of hydrogen-bond acceptors (Lipinski definition) is 4. The molecule has 0 radical (unpaired) electrons. The third kappa shape index (κ3) is 1.88. The third-order valence-electron chi connectivity index (χ3n) is 2.51. The molecule has 0 bridgehead atoms. The van der Waals surface area contributed by atoms with E-state index in [0.717, 1.165) is 5.82 Å². The second-order valence-electron chi connectivity index (χ2n) is 4.88. The van der Waals surface area contributed by atoms with E-state index in [4.69, 9.17) is 4.74 Å². The quantitative estimate of drug-likeness (QED) is 0.705. The maximum absolute atomic E-state index is 11.6. The molecule has 2 aromatic rings. The van der Waals surface area contributed by atoms with Crippen molar-refractivity contribution in [2.24, 2.45) is 0 Å². The molecule has 0 atom stereocenters. The van der Waals surface area contributed by atoms with Crippen molar-refractivity contribution in [3.8, 4) is 0 Å². The Balaban J connectivity index is 2.69. The van der Waals surface area contributed by atoms with Crippen molar-refractivity contribution in [3.05, 3.63) is 29.7 Å². The first-order valence-electron chi connectivity index (χ1n) is 5.37. The predicted molar refractivity (Wildman–Crippen MR) is 63.0 cm³/mol. The number of pyridine rings is 1. The first-order chi connectivity index (χ1) is 7.95. The lowest BCUT2D eigenvalue weighted by molar-refractivity contribution is 0.0602. The van der Waals surface area contributed by atoms with E-state index in [1.165, 1.54) is 7.11 Å². The van der Waals surface area contributed by atoms with Gasteiger partial charge in [-0.25, -0.2) is 4.79 Å². The third-order valence-corrected chi connectivity index (χ3v) is 2.51. The Kier molecular flexibility index (Phi) is 2.61. The molecule has 0 unspecified atom stereocenters. The number of aromatic nitrogens is 3. The molecule has 0 aliphatic rings. The number of nitrogens with zero attached hydrogens (tertiary/aromatic N) is 3. The molecule has 2 rings (SSSR count). The highest BCUT2D eigenvalue weighted by Crippen LogP contribution is 2.22. The molecule has 0 saturated heterocycles. The lowest BCUT2D eigenvalue weighted by Crippen LogP contribution is -2.16. The Hall–Kier alpha value is -1.91. The van der Waals surface area contributed by atoms with Crippen LogP contribution in [0.3, 0.4) is 0 Å². The van der Waals surface area contributed by atoms with E-state index in [0.29, 0.717) is 11.2 Å². The normalized spacial score (nSPS) is 11.8. The molecule has 2 aromatic heterocycles. The molecule has 90 valence electrons. The number of ether oxygens (including phenoxy) is 1. The number of carbonyl (C=O) groups excluding carboxylic acids is 1. The Labute approximate surface area is 99.4 Å². The van der Waals surface area contributed by atoms with E-state index in [9.17, 15) is 4.79 Å². The maximum Gasteiger partial charge on any atom is 0.341 e. The van der Waals surface area contributed by atoms with Crippen LogP contribution in [-0.2, 0) is 10.2 Å². The van der Waals surface area contributed by atoms with Gasteiger partial charge in [-0.1, -0.05) is 20.8 Å². The van der Waals surface area contributed by atoms with Gasteiger partial charge in [-0.05, 0) is 12.1 Å². The fourth-order valence-corrected chi connectivity index (χ4v) is 1.70. The first-order valence-corrected chi connectivity index (χ1v) is 5.37. The van der Waals surface area contributed by atoms with Gasteiger partial charge in [0.05, 0.1) is 7.11 Å². The average molecular weight is 233 g/mol. The van der Waals surface area contributed by atoms with E-state index in [-0.39, 0.29) is 5.41 Å². The molecule has 0 aromatic carbocycles. The molecule has 2 heterocycles. The molecule has 5 heteroatoms. The summed E-state index contributed by atoms with van der Waals surface area (Å²) in [4.78, 5) is 11.6. The van der Waals surface area contributed by atoms with Gasteiger partial charge >= 0.3 is 5.97 Å². The predicted octanol–water partition coefficient (Wildman–Crippen LogP) is 1.81. The molecule has 0 fully saturated rings. The summed E-state index contributed by atoms with van der Waals surface area (Å²) < 4.78 is 6.54. The van der Waals surface area contributed by atoms with E-state index in [1.54, 1.807) is 12.1 Å². The monoisotopic (exact) mass is 233 g/mol. The number of hydrogen-bond donors (Lipinski definition) is 0. The smallest absolute Gasteiger partial charge is 0.341 e. The fourth-order valence-electron chi connectivity index (χ4n) is 1.70. The molecule has 5 nitrogen and oxygen atoms in total. The van der Waals surface area contributed by atoms with Crippen LogP contribution in [0.1, 0.15) is 37.0 Å². The highest BCUT2D eigenvalue weighted by atomic mass is 16.5. The summed E-state index contributed by atoms with van der Waals surface area (Å²) >= 11 is 0. The fraction of sp³-hybridized carbons (Fsp3) is 0.417. The number of rotatable bonds is 1. The van der Waals surface area contributed by atoms with Crippen LogP contribution in [-0.4, -0.2) is 27.7 Å². The van der Waals surface area contributed by atoms with E-state index >= 15 is 0 Å². The van der Waals surface area contributed by atoms with E-state index < -0.39 is 5.97 Å². The second kappa shape index (κ2) is 3.84. The maximum atomic E-state index is 11.6. The summed E-state index contributed by atoms with van der Waals surface area (Å²) in [7, 11) is 1.35. The zero-order chi connectivity index (χ0) is 12.6. The van der Waals surface area contributed by atoms with Crippen LogP contribution in [0.2, 0.25) is 0 Å². The van der Waals surface area contributed by atoms with Gasteiger partial charge < -0.3 is 4.74 Å². The van der Waals surface area contributed by atoms with Crippen molar-refractivity contribution in [1.29, 1.82) is 0 Å². The first kappa shape index (κ1) is 11.6. The highest BCUT2D eigenvalue weighted by Gasteiger charge is 2.23. The van der Waals surface area contributed by atoms with Crippen molar-refractivity contribution in [2.75, 3.05) is 7.11 Å². The van der Waals surface area contributed by atoms with Crippen LogP contribution in [0.25, 0.3) is 5.65 Å². The lowest BCUT2D eigenvalue weighted by Gasteiger charge is -2.15. The summed E-state index contributed by atoms with van der Waals surface area (Å²) in [6.07, 6.45) is 1.85. The number of carbonyl (C=O) groups is 1. The van der Waals surface area contributed by atoms with Gasteiger partial charge in [0.1, 0.15) is 11.4 Å². The minimum Gasteiger partial charge on any atom is -0.465 e. The van der Waals surface area contributed by atoms with Crippen LogP contribution in [0, 0.1) is 0 Å². The Bertz CT molecular complexity index is 567. The minimum absolute atomic E-state index is 0.131. The van der Waals surface area contributed by atoms with Crippen molar-refractivity contribution in [2.45, 2.75) is 26.2 Å². The standard InChI is InChI=1S/C12H15N3O2/c1-12(2,3)11-14-13-9-8(10(16)17-4)6-5-7-15(9)11/h5-7H,1-4H3. The summed E-state index contributed by atoms with van der Waals surface area (Å²) in [5, 5.41) is 8.22. The SMILES string of the molecule is COC(=O)c1cccn2c(C(C)(C)C)nnc12. The molecule has 0 saturated carbocycles. The van der Waals surface area contributed by atoms with Crippen LogP contribution in [0.5, 0.6) is 0 Å². The number of esters is 1. The van der Waals surface area contributed by atoms with Crippen molar-refractivity contribution in [3.63, 3.8) is 0 Å². The molecule has 0 N–H and O–H groups in total. The van der Waals surface area contributed by atoms with Crippen LogP contribution in [0.15, 0.2) is 18.3 Å². The molecule has 17 heavy (non-hydrogen) atoms. The lowest BCUT2D eigenvalue weighted by atomic mass is 9.96. The Morgan fingerprint density at radius 3 is 2.65 bits per heavy atom. The summed E-state index contributed by atoms with van der Waals surface area (Å²) in [5.41, 5.74) is 0.830. The van der Waals surface area contributed by atoms with Gasteiger partial charge in [-0.3, -0.25) is 4.40 Å². The number of fused-ring (bicyclic) bond motifs is 1. The van der Waals surface area contributed by atoms with Crippen LogP contribution in [0.4, 0.5) is 0 Å². The largest absolute Gasteiger partial charge is 0.465 e. The van der Waals surface area contributed by atoms with Gasteiger partial charge in [0.15, 0.2) is 5.65 Å². The van der Waals surface area contributed by atoms with Gasteiger partial charge in [0.2, 0.25) is 0 Å². The molecular formula is C12H15N3O2. The van der Waals surface area contributed by atoms with Crippen molar-refractivity contribution >= 4 is 11.6 Å². The Morgan fingerprint density at radius 1 is 1.35 bits per heavy atom. The zero-order valence-corrected chi connectivity index (χ0v) is 10.4.